The predicted molar refractivity (Wildman–Crippen MR) is 79.0 cm³/mol. The van der Waals surface area contributed by atoms with Crippen LogP contribution in [0.4, 0.5) is 0 Å². The van der Waals surface area contributed by atoms with Crippen molar-refractivity contribution in [2.45, 2.75) is 57.9 Å². The van der Waals surface area contributed by atoms with E-state index in [1.54, 1.807) is 7.11 Å². The molecule has 108 valence electrons. The third kappa shape index (κ3) is 6.55. The summed E-state index contributed by atoms with van der Waals surface area (Å²) in [4.78, 5) is 4.21. The molecule has 0 aliphatic rings. The van der Waals surface area contributed by atoms with Gasteiger partial charge in [0.15, 0.2) is 0 Å². The van der Waals surface area contributed by atoms with E-state index in [1.165, 1.54) is 37.7 Å². The Kier molecular flexibility index (Phi) is 8.18. The first kappa shape index (κ1) is 15.9. The van der Waals surface area contributed by atoms with Crippen molar-refractivity contribution in [1.82, 2.24) is 10.4 Å². The van der Waals surface area contributed by atoms with Crippen molar-refractivity contribution in [3.8, 4) is 5.88 Å². The summed E-state index contributed by atoms with van der Waals surface area (Å²) in [5.41, 5.74) is 4.10. The summed E-state index contributed by atoms with van der Waals surface area (Å²) in [7, 11) is 1.63. The quantitative estimate of drug-likeness (QED) is 0.388. The van der Waals surface area contributed by atoms with E-state index < -0.39 is 0 Å². The lowest BCUT2D eigenvalue weighted by molar-refractivity contribution is 0.397. The Balaban J connectivity index is 2.30. The van der Waals surface area contributed by atoms with Gasteiger partial charge in [-0.3, -0.25) is 11.3 Å². The van der Waals surface area contributed by atoms with Gasteiger partial charge in [0.05, 0.1) is 7.11 Å². The monoisotopic (exact) mass is 265 g/mol. The predicted octanol–water partition coefficient (Wildman–Crippen LogP) is 2.83. The van der Waals surface area contributed by atoms with Crippen LogP contribution < -0.4 is 16.0 Å². The molecule has 0 aliphatic heterocycles. The second kappa shape index (κ2) is 9.75. The van der Waals surface area contributed by atoms with Crippen molar-refractivity contribution in [3.63, 3.8) is 0 Å². The first-order valence-electron chi connectivity index (χ1n) is 7.25. The highest BCUT2D eigenvalue weighted by molar-refractivity contribution is 5.18. The van der Waals surface area contributed by atoms with E-state index in [4.69, 9.17) is 10.6 Å². The van der Waals surface area contributed by atoms with Gasteiger partial charge < -0.3 is 4.74 Å². The minimum absolute atomic E-state index is 0.330. The highest BCUT2D eigenvalue weighted by Gasteiger charge is 2.08. The molecule has 4 heteroatoms. The molecule has 0 radical (unpaired) electrons. The third-order valence-electron chi connectivity index (χ3n) is 3.38. The van der Waals surface area contributed by atoms with E-state index in [9.17, 15) is 0 Å². The number of methoxy groups -OCH3 is 1. The van der Waals surface area contributed by atoms with Gasteiger partial charge in [-0.15, -0.1) is 0 Å². The summed E-state index contributed by atoms with van der Waals surface area (Å²) < 4.78 is 5.05. The minimum atomic E-state index is 0.330. The van der Waals surface area contributed by atoms with Crippen LogP contribution in [0, 0.1) is 0 Å². The Bertz CT molecular complexity index is 327. The van der Waals surface area contributed by atoms with Crippen LogP contribution in [-0.2, 0) is 6.42 Å². The number of pyridine rings is 1. The fourth-order valence-corrected chi connectivity index (χ4v) is 2.18. The minimum Gasteiger partial charge on any atom is -0.481 e. The molecule has 1 aromatic heterocycles. The number of nitrogens with one attached hydrogen (secondary N) is 1. The molecule has 0 fully saturated rings. The molecule has 0 aromatic carbocycles. The number of aromatic nitrogens is 1. The largest absolute Gasteiger partial charge is 0.481 e. The first-order chi connectivity index (χ1) is 9.30. The van der Waals surface area contributed by atoms with Gasteiger partial charge in [0.2, 0.25) is 5.88 Å². The molecule has 1 unspecified atom stereocenters. The van der Waals surface area contributed by atoms with Gasteiger partial charge in [0.25, 0.3) is 0 Å². The van der Waals surface area contributed by atoms with Crippen molar-refractivity contribution >= 4 is 0 Å². The standard InChI is InChI=1S/C15H27N3O/c1-3-4-5-6-7-8-14(18-16)11-13-9-10-15(19-2)17-12-13/h9-10,12,14,18H,3-8,11,16H2,1-2H3. The van der Waals surface area contributed by atoms with Crippen LogP contribution >= 0.6 is 0 Å². The number of hydrazine groups is 1. The zero-order valence-electron chi connectivity index (χ0n) is 12.2. The Hall–Kier alpha value is -1.13. The topological polar surface area (TPSA) is 60.2 Å². The summed E-state index contributed by atoms with van der Waals surface area (Å²) in [6, 6.07) is 4.27. The maximum Gasteiger partial charge on any atom is 0.212 e. The fraction of sp³-hybridized carbons (Fsp3) is 0.667. The van der Waals surface area contributed by atoms with Crippen LogP contribution in [0.3, 0.4) is 0 Å². The average Bonchev–Trinajstić information content (AvgIpc) is 2.46. The van der Waals surface area contributed by atoms with Crippen LogP contribution in [0.15, 0.2) is 18.3 Å². The highest BCUT2D eigenvalue weighted by Crippen LogP contribution is 2.12. The molecular weight excluding hydrogens is 238 g/mol. The molecule has 0 aliphatic carbocycles. The molecule has 4 nitrogen and oxygen atoms in total. The second-order valence-corrected chi connectivity index (χ2v) is 4.98. The van der Waals surface area contributed by atoms with Gasteiger partial charge >= 0.3 is 0 Å². The van der Waals surface area contributed by atoms with Crippen molar-refractivity contribution in [1.29, 1.82) is 0 Å². The number of nitrogens with zero attached hydrogens (tertiary/aromatic N) is 1. The molecule has 1 aromatic rings. The molecule has 19 heavy (non-hydrogen) atoms. The SMILES string of the molecule is CCCCCCCC(Cc1ccc(OC)nc1)NN. The van der Waals surface area contributed by atoms with Crippen molar-refractivity contribution in [2.24, 2.45) is 5.84 Å². The smallest absolute Gasteiger partial charge is 0.212 e. The van der Waals surface area contributed by atoms with E-state index in [0.29, 0.717) is 11.9 Å². The maximum atomic E-state index is 5.62. The number of unbranched alkanes of at least 4 members (excludes halogenated alkanes) is 4. The Morgan fingerprint density at radius 3 is 2.63 bits per heavy atom. The molecule has 1 heterocycles. The van der Waals surface area contributed by atoms with Crippen LogP contribution in [0.5, 0.6) is 5.88 Å². The van der Waals surface area contributed by atoms with E-state index in [1.807, 2.05) is 18.3 Å². The normalized spacial score (nSPS) is 12.4. The zero-order chi connectivity index (χ0) is 13.9. The molecule has 0 saturated heterocycles. The first-order valence-corrected chi connectivity index (χ1v) is 7.25. The lowest BCUT2D eigenvalue weighted by Gasteiger charge is -2.15. The lowest BCUT2D eigenvalue weighted by atomic mass is 10.0. The Morgan fingerprint density at radius 2 is 2.05 bits per heavy atom. The van der Waals surface area contributed by atoms with E-state index in [0.717, 1.165) is 12.8 Å². The summed E-state index contributed by atoms with van der Waals surface area (Å²) in [5.74, 6) is 6.28. The molecule has 1 rings (SSSR count). The van der Waals surface area contributed by atoms with Crippen LogP contribution in [-0.4, -0.2) is 18.1 Å². The number of hydrogen-bond donors (Lipinski definition) is 2. The molecule has 0 saturated carbocycles. The van der Waals surface area contributed by atoms with Gasteiger partial charge in [-0.1, -0.05) is 45.1 Å². The van der Waals surface area contributed by atoms with Gasteiger partial charge in [0.1, 0.15) is 0 Å². The lowest BCUT2D eigenvalue weighted by Crippen LogP contribution is -2.36. The maximum absolute atomic E-state index is 5.62. The second-order valence-electron chi connectivity index (χ2n) is 4.98. The number of nitrogens with two attached hydrogens (primary N) is 1. The summed E-state index contributed by atoms with van der Waals surface area (Å²) in [6.07, 6.45) is 10.4. The van der Waals surface area contributed by atoms with Crippen molar-refractivity contribution in [2.75, 3.05) is 7.11 Å². The molecule has 3 N–H and O–H groups in total. The van der Waals surface area contributed by atoms with E-state index in [-0.39, 0.29) is 0 Å². The average molecular weight is 265 g/mol. The van der Waals surface area contributed by atoms with Gasteiger partial charge in [0, 0.05) is 18.3 Å². The number of hydrogen-bond acceptors (Lipinski definition) is 4. The van der Waals surface area contributed by atoms with Crippen LogP contribution in [0.2, 0.25) is 0 Å². The number of rotatable bonds is 10. The Labute approximate surface area is 116 Å². The summed E-state index contributed by atoms with van der Waals surface area (Å²) >= 11 is 0. The number of ether oxygens (including phenoxy) is 1. The van der Waals surface area contributed by atoms with Gasteiger partial charge in [-0.2, -0.15) is 0 Å². The van der Waals surface area contributed by atoms with Crippen LogP contribution in [0.1, 0.15) is 51.0 Å². The molecule has 1 atom stereocenters. The Morgan fingerprint density at radius 1 is 1.26 bits per heavy atom. The third-order valence-corrected chi connectivity index (χ3v) is 3.38. The molecular formula is C15H27N3O. The van der Waals surface area contributed by atoms with Crippen LogP contribution in [0.25, 0.3) is 0 Å². The van der Waals surface area contributed by atoms with Gasteiger partial charge in [-0.05, 0) is 18.4 Å². The summed E-state index contributed by atoms with van der Waals surface area (Å²) in [6.45, 7) is 2.24. The van der Waals surface area contributed by atoms with Crippen molar-refractivity contribution in [3.05, 3.63) is 23.9 Å². The fourth-order valence-electron chi connectivity index (χ4n) is 2.18. The molecule has 0 spiro atoms. The highest BCUT2D eigenvalue weighted by atomic mass is 16.5. The molecule has 0 bridgehead atoms. The van der Waals surface area contributed by atoms with E-state index >= 15 is 0 Å². The summed E-state index contributed by atoms with van der Waals surface area (Å²) in [5, 5.41) is 0. The van der Waals surface area contributed by atoms with Crippen molar-refractivity contribution < 1.29 is 4.74 Å². The van der Waals surface area contributed by atoms with E-state index in [2.05, 4.69) is 17.3 Å². The molecule has 0 amide bonds. The van der Waals surface area contributed by atoms with Gasteiger partial charge in [-0.25, -0.2) is 4.98 Å². The zero-order valence-corrected chi connectivity index (χ0v) is 12.2.